The van der Waals surface area contributed by atoms with Crippen LogP contribution in [0.25, 0.3) is 0 Å². The average Bonchev–Trinajstić information content (AvgIpc) is 3.37. The van der Waals surface area contributed by atoms with Gasteiger partial charge in [-0.25, -0.2) is 0 Å². The van der Waals surface area contributed by atoms with Crippen LogP contribution >= 0.6 is 0 Å². The van der Waals surface area contributed by atoms with Crippen LogP contribution < -0.4 is 0 Å². The maximum atomic E-state index is 12.9. The second-order valence-electron chi connectivity index (χ2n) is 19.5. The van der Waals surface area contributed by atoms with E-state index in [1.54, 1.807) is 0 Å². The van der Waals surface area contributed by atoms with Gasteiger partial charge in [0.05, 0.1) is 0 Å². The zero-order chi connectivity index (χ0) is 51.4. The Bertz CT molecular complexity index is 1410. The molecule has 0 aliphatic rings. The Morgan fingerprint density at radius 2 is 0.577 bits per heavy atom. The third-order valence-electron chi connectivity index (χ3n) is 12.5. The normalized spacial score (nSPS) is 12.8. The number of ether oxygens (including phenoxy) is 3. The van der Waals surface area contributed by atoms with Crippen molar-refractivity contribution in [1.29, 1.82) is 0 Å². The molecule has 406 valence electrons. The molecular formula is C65H110O6. The first-order valence-corrected chi connectivity index (χ1v) is 29.7. The fourth-order valence-electron chi connectivity index (χ4n) is 8.09. The van der Waals surface area contributed by atoms with Gasteiger partial charge in [0.25, 0.3) is 0 Å². The molecule has 0 aromatic rings. The monoisotopic (exact) mass is 987 g/mol. The van der Waals surface area contributed by atoms with Gasteiger partial charge in [0, 0.05) is 19.3 Å². The SMILES string of the molecule is CC/C=C\C/C=C\C/C=C\C/C=C\CCCCCCCCC(=O)OC(COC(=O)CCCCCCC/C=C\C/C=C\CCC)COC(=O)CCCCCCCCCCC/C=C\C/C=C\CCCCCCC. The molecule has 0 saturated heterocycles. The van der Waals surface area contributed by atoms with Crippen molar-refractivity contribution in [3.8, 4) is 0 Å². The number of allylic oxidation sites excluding steroid dienone is 16. The number of hydrogen-bond donors (Lipinski definition) is 0. The summed E-state index contributed by atoms with van der Waals surface area (Å²) in [6, 6.07) is 0. The van der Waals surface area contributed by atoms with E-state index in [1.165, 1.54) is 103 Å². The summed E-state index contributed by atoms with van der Waals surface area (Å²) in [4.78, 5) is 38.2. The van der Waals surface area contributed by atoms with Gasteiger partial charge in [0.2, 0.25) is 0 Å². The number of carbonyl (C=O) groups is 3. The Kier molecular flexibility index (Phi) is 55.9. The van der Waals surface area contributed by atoms with E-state index in [0.29, 0.717) is 19.3 Å². The molecule has 1 unspecified atom stereocenters. The van der Waals surface area contributed by atoms with Gasteiger partial charge >= 0.3 is 17.9 Å². The molecule has 0 aromatic heterocycles. The Labute approximate surface area is 438 Å². The minimum absolute atomic E-state index is 0.0906. The molecule has 0 heterocycles. The number of esters is 3. The van der Waals surface area contributed by atoms with Gasteiger partial charge in [-0.1, -0.05) is 240 Å². The van der Waals surface area contributed by atoms with Crippen LogP contribution in [0, 0.1) is 0 Å². The van der Waals surface area contributed by atoms with Crippen molar-refractivity contribution in [2.75, 3.05) is 13.2 Å². The Hall–Kier alpha value is -3.67. The van der Waals surface area contributed by atoms with Crippen LogP contribution in [0.3, 0.4) is 0 Å². The van der Waals surface area contributed by atoms with Crippen molar-refractivity contribution >= 4 is 17.9 Å². The fraction of sp³-hybridized carbons (Fsp3) is 0.708. The predicted octanol–water partition coefficient (Wildman–Crippen LogP) is 20.1. The van der Waals surface area contributed by atoms with Crippen molar-refractivity contribution < 1.29 is 28.6 Å². The highest BCUT2D eigenvalue weighted by Crippen LogP contribution is 2.15. The number of unbranched alkanes of at least 4 members (excludes halogenated alkanes) is 26. The maximum absolute atomic E-state index is 12.9. The van der Waals surface area contributed by atoms with Crippen LogP contribution in [0.5, 0.6) is 0 Å². The van der Waals surface area contributed by atoms with E-state index < -0.39 is 6.10 Å². The zero-order valence-corrected chi connectivity index (χ0v) is 46.5. The van der Waals surface area contributed by atoms with Crippen LogP contribution in [0.2, 0.25) is 0 Å². The van der Waals surface area contributed by atoms with Crippen LogP contribution in [0.4, 0.5) is 0 Å². The van der Waals surface area contributed by atoms with E-state index in [2.05, 4.69) is 118 Å². The van der Waals surface area contributed by atoms with Gasteiger partial charge in [-0.15, -0.1) is 0 Å². The molecule has 0 rings (SSSR count). The predicted molar refractivity (Wildman–Crippen MR) is 307 cm³/mol. The van der Waals surface area contributed by atoms with E-state index in [-0.39, 0.29) is 31.1 Å². The number of hydrogen-bond acceptors (Lipinski definition) is 6. The molecule has 0 bridgehead atoms. The van der Waals surface area contributed by atoms with Crippen LogP contribution in [-0.4, -0.2) is 37.2 Å². The van der Waals surface area contributed by atoms with E-state index >= 15 is 0 Å². The molecule has 0 amide bonds. The minimum Gasteiger partial charge on any atom is -0.462 e. The maximum Gasteiger partial charge on any atom is 0.306 e. The summed E-state index contributed by atoms with van der Waals surface area (Å²) in [6.45, 7) is 6.44. The van der Waals surface area contributed by atoms with Crippen molar-refractivity contribution in [2.45, 2.75) is 284 Å². The van der Waals surface area contributed by atoms with Crippen molar-refractivity contribution in [2.24, 2.45) is 0 Å². The average molecular weight is 988 g/mol. The van der Waals surface area contributed by atoms with Crippen molar-refractivity contribution in [1.82, 2.24) is 0 Å². The summed E-state index contributed by atoms with van der Waals surface area (Å²) in [5, 5.41) is 0. The van der Waals surface area contributed by atoms with Crippen LogP contribution in [0.1, 0.15) is 278 Å². The first-order valence-electron chi connectivity index (χ1n) is 29.7. The van der Waals surface area contributed by atoms with E-state index in [4.69, 9.17) is 14.2 Å². The highest BCUT2D eigenvalue weighted by Gasteiger charge is 2.19. The highest BCUT2D eigenvalue weighted by molar-refractivity contribution is 5.71. The molecule has 0 aliphatic carbocycles. The summed E-state index contributed by atoms with van der Waals surface area (Å²) in [5.74, 6) is -0.919. The highest BCUT2D eigenvalue weighted by atomic mass is 16.6. The number of carbonyl (C=O) groups excluding carboxylic acids is 3. The quantitative estimate of drug-likeness (QED) is 0.0261. The lowest BCUT2D eigenvalue weighted by Crippen LogP contribution is -2.30. The van der Waals surface area contributed by atoms with E-state index in [0.717, 1.165) is 135 Å². The second kappa shape index (κ2) is 58.9. The molecule has 0 fully saturated rings. The van der Waals surface area contributed by atoms with Gasteiger partial charge in [-0.05, 0) is 116 Å². The number of rotatable bonds is 53. The Balaban J connectivity index is 4.40. The zero-order valence-electron chi connectivity index (χ0n) is 46.5. The third kappa shape index (κ3) is 57.1. The van der Waals surface area contributed by atoms with Gasteiger partial charge in [0.15, 0.2) is 6.10 Å². The molecular weight excluding hydrogens is 877 g/mol. The van der Waals surface area contributed by atoms with Crippen LogP contribution in [0.15, 0.2) is 97.2 Å². The van der Waals surface area contributed by atoms with Crippen molar-refractivity contribution in [3.05, 3.63) is 97.2 Å². The summed E-state index contributed by atoms with van der Waals surface area (Å²) >= 11 is 0. The molecule has 1 atom stereocenters. The molecule has 71 heavy (non-hydrogen) atoms. The molecule has 0 radical (unpaired) electrons. The Morgan fingerprint density at radius 3 is 0.915 bits per heavy atom. The summed E-state index contributed by atoms with van der Waals surface area (Å²) in [5.41, 5.74) is 0. The first-order chi connectivity index (χ1) is 35.0. The fourth-order valence-corrected chi connectivity index (χ4v) is 8.09. The van der Waals surface area contributed by atoms with E-state index in [1.807, 2.05) is 0 Å². The van der Waals surface area contributed by atoms with E-state index in [9.17, 15) is 14.4 Å². The summed E-state index contributed by atoms with van der Waals surface area (Å²) in [7, 11) is 0. The summed E-state index contributed by atoms with van der Waals surface area (Å²) in [6.07, 6.45) is 78.2. The molecule has 6 heteroatoms. The summed E-state index contributed by atoms with van der Waals surface area (Å²) < 4.78 is 16.9. The van der Waals surface area contributed by atoms with Gasteiger partial charge in [-0.3, -0.25) is 14.4 Å². The second-order valence-corrected chi connectivity index (χ2v) is 19.5. The minimum atomic E-state index is -0.795. The smallest absolute Gasteiger partial charge is 0.306 e. The standard InChI is InChI=1S/C65H110O6/c1-4-7-10-13-16-19-22-25-27-29-31-32-34-35-37-40-43-46-49-52-55-58-64(67)70-61-62(60-69-63(66)57-54-51-48-45-42-39-24-21-18-15-12-9-6-3)71-65(68)59-56-53-50-47-44-41-38-36-33-30-28-26-23-20-17-14-11-8-5-2/h8,11-12,15,17,20-22,24-26,28-29,31,33,36,62H,4-7,9-10,13-14,16,18-19,23,27,30,32,34-35,37-61H2,1-3H3/b11-8-,15-12-,20-17-,24-21-,25-22-,28-26-,31-29-,36-33-. The molecule has 0 saturated carbocycles. The molecule has 0 aromatic carbocycles. The van der Waals surface area contributed by atoms with Gasteiger partial charge in [0.1, 0.15) is 13.2 Å². The van der Waals surface area contributed by atoms with Crippen LogP contribution in [-0.2, 0) is 28.6 Å². The lowest BCUT2D eigenvalue weighted by Gasteiger charge is -2.18. The third-order valence-corrected chi connectivity index (χ3v) is 12.5. The lowest BCUT2D eigenvalue weighted by molar-refractivity contribution is -0.167. The molecule has 0 aliphatic heterocycles. The first kappa shape index (κ1) is 67.3. The Morgan fingerprint density at radius 1 is 0.296 bits per heavy atom. The van der Waals surface area contributed by atoms with Gasteiger partial charge < -0.3 is 14.2 Å². The molecule has 0 N–H and O–H groups in total. The molecule has 6 nitrogen and oxygen atoms in total. The topological polar surface area (TPSA) is 78.9 Å². The largest absolute Gasteiger partial charge is 0.462 e. The van der Waals surface area contributed by atoms with Gasteiger partial charge in [-0.2, -0.15) is 0 Å². The lowest BCUT2D eigenvalue weighted by atomic mass is 10.1. The molecule has 0 spiro atoms. The van der Waals surface area contributed by atoms with Crippen molar-refractivity contribution in [3.63, 3.8) is 0 Å².